The lowest BCUT2D eigenvalue weighted by atomic mass is 9.71. The summed E-state index contributed by atoms with van der Waals surface area (Å²) in [6.07, 6.45) is 8.15. The maximum atomic E-state index is 12.0. The predicted octanol–water partition coefficient (Wildman–Crippen LogP) is 2.27. The molecule has 1 aliphatic carbocycles. The van der Waals surface area contributed by atoms with Gasteiger partial charge in [0.05, 0.1) is 20.1 Å². The van der Waals surface area contributed by atoms with Gasteiger partial charge in [0.1, 0.15) is 5.60 Å². The van der Waals surface area contributed by atoms with Crippen LogP contribution < -0.4 is 4.90 Å². The summed E-state index contributed by atoms with van der Waals surface area (Å²) in [6, 6.07) is 0. The van der Waals surface area contributed by atoms with E-state index in [0.717, 1.165) is 12.8 Å². The van der Waals surface area contributed by atoms with Crippen LogP contribution >= 0.6 is 31.9 Å². The fourth-order valence-electron chi connectivity index (χ4n) is 3.63. The van der Waals surface area contributed by atoms with Crippen molar-refractivity contribution in [2.24, 2.45) is 5.92 Å². The van der Waals surface area contributed by atoms with Crippen LogP contribution in [0.3, 0.4) is 0 Å². The number of ether oxygens (including phenoxy) is 1. The minimum atomic E-state index is -0.379. The van der Waals surface area contributed by atoms with Crippen molar-refractivity contribution in [3.8, 4) is 0 Å². The van der Waals surface area contributed by atoms with E-state index in [9.17, 15) is 4.79 Å². The van der Waals surface area contributed by atoms with E-state index in [-0.39, 0.29) is 15.3 Å². The van der Waals surface area contributed by atoms with Crippen molar-refractivity contribution in [3.05, 3.63) is 0 Å². The van der Waals surface area contributed by atoms with Gasteiger partial charge in [-0.1, -0.05) is 38.3 Å². The van der Waals surface area contributed by atoms with E-state index in [4.69, 9.17) is 4.74 Å². The Labute approximate surface area is 132 Å². The zero-order valence-corrected chi connectivity index (χ0v) is 14.8. The molecule has 0 radical (unpaired) electrons. The number of rotatable bonds is 3. The molecule has 2 aliphatic rings. The van der Waals surface area contributed by atoms with Crippen molar-refractivity contribution in [2.45, 2.75) is 54.3 Å². The molecule has 0 unspecified atom stereocenters. The second-order valence-electron chi connectivity index (χ2n) is 6.08. The molecule has 5 heteroatoms. The molecule has 2 fully saturated rings. The van der Waals surface area contributed by atoms with E-state index < -0.39 is 0 Å². The Morgan fingerprint density at radius 3 is 2.32 bits per heavy atom. The van der Waals surface area contributed by atoms with Gasteiger partial charge < -0.3 is 9.64 Å². The van der Waals surface area contributed by atoms with Gasteiger partial charge in [0.25, 0.3) is 0 Å². The molecule has 110 valence electrons. The summed E-state index contributed by atoms with van der Waals surface area (Å²) in [6.45, 7) is 2.41. The Kier molecular flexibility index (Phi) is 5.73. The Hall–Kier alpha value is 0.390. The summed E-state index contributed by atoms with van der Waals surface area (Å²) < 4.78 is 5.59. The first-order valence-electron chi connectivity index (χ1n) is 7.36. The molecular weight excluding hydrogens is 374 g/mol. The summed E-state index contributed by atoms with van der Waals surface area (Å²) >= 11 is 6.52. The van der Waals surface area contributed by atoms with Crippen molar-refractivity contribution < 1.29 is 14.4 Å². The average molecular weight is 398 g/mol. The summed E-state index contributed by atoms with van der Waals surface area (Å²) in [7, 11) is 2.25. The molecule has 1 aliphatic heterocycles. The summed E-state index contributed by atoms with van der Waals surface area (Å²) in [5, 5.41) is 0. The highest BCUT2D eigenvalue weighted by atomic mass is 79.9. The topological polar surface area (TPSA) is 30.7 Å². The van der Waals surface area contributed by atoms with Gasteiger partial charge in [-0.3, -0.25) is 0 Å². The molecule has 19 heavy (non-hydrogen) atoms. The molecule has 0 bridgehead atoms. The van der Waals surface area contributed by atoms with Crippen molar-refractivity contribution in [2.75, 3.05) is 20.1 Å². The number of hydrogen-bond acceptors (Lipinski definition) is 2. The van der Waals surface area contributed by atoms with Gasteiger partial charge in [-0.25, -0.2) is 4.79 Å². The largest absolute Gasteiger partial charge is 0.457 e. The molecule has 1 N–H and O–H groups in total. The predicted molar refractivity (Wildman–Crippen MR) is 82.9 cm³/mol. The molecule has 0 atom stereocenters. The average Bonchev–Trinajstić information content (AvgIpc) is 2.40. The first-order chi connectivity index (χ1) is 9.03. The van der Waals surface area contributed by atoms with Crippen molar-refractivity contribution in [3.63, 3.8) is 0 Å². The van der Waals surface area contributed by atoms with Crippen LogP contribution in [-0.4, -0.2) is 35.4 Å². The molecule has 0 spiro atoms. The fraction of sp³-hybridized carbons (Fsp3) is 0.929. The van der Waals surface area contributed by atoms with Crippen LogP contribution in [0.25, 0.3) is 0 Å². The number of likely N-dealkylation sites (tertiary alicyclic amines) is 1. The third kappa shape index (κ3) is 3.94. The molecule has 1 heterocycles. The van der Waals surface area contributed by atoms with Crippen LogP contribution in [-0.2, 0) is 9.53 Å². The Balaban J connectivity index is 2.07. The number of piperidine rings is 1. The third-order valence-corrected chi connectivity index (χ3v) is 5.51. The van der Waals surface area contributed by atoms with Crippen LogP contribution in [0.5, 0.6) is 0 Å². The second-order valence-corrected chi connectivity index (χ2v) is 9.14. The number of carbonyl (C=O) groups excluding carboxylic acids is 1. The van der Waals surface area contributed by atoms with Gasteiger partial charge in [0.2, 0.25) is 0 Å². The second kappa shape index (κ2) is 6.90. The zero-order chi connectivity index (χ0) is 13.9. The number of alkyl halides is 2. The van der Waals surface area contributed by atoms with E-state index >= 15 is 0 Å². The van der Waals surface area contributed by atoms with Gasteiger partial charge in [-0.2, -0.15) is 0 Å². The van der Waals surface area contributed by atoms with Crippen molar-refractivity contribution in [1.29, 1.82) is 0 Å². The number of esters is 1. The molecule has 0 aromatic rings. The maximum Gasteiger partial charge on any atom is 0.331 e. The van der Waals surface area contributed by atoms with Gasteiger partial charge in [-0.05, 0) is 25.7 Å². The molecule has 3 nitrogen and oxygen atoms in total. The Bertz CT molecular complexity index is 309. The minimum absolute atomic E-state index is 0.159. The zero-order valence-electron chi connectivity index (χ0n) is 11.6. The van der Waals surface area contributed by atoms with E-state index in [1.807, 2.05) is 0 Å². The quantitative estimate of drug-likeness (QED) is 0.584. The standard InChI is InChI=1S/C14H23Br2NO2/c1-17-9-5-11(6-10-17)14(7-3-2-4-8-14)19-13(18)12(15)16/h11-12H,2-10H2,1H3/p+1. The molecule has 0 aromatic heterocycles. The first kappa shape index (κ1) is 15.8. The lowest BCUT2D eigenvalue weighted by Gasteiger charge is -2.45. The SMILES string of the molecule is C[NH+]1CCC(C2(OC(=O)C(Br)Br)CCCCC2)CC1. The Morgan fingerprint density at radius 2 is 1.79 bits per heavy atom. The van der Waals surface area contributed by atoms with E-state index in [1.54, 1.807) is 4.90 Å². The molecule has 0 amide bonds. The summed E-state index contributed by atoms with van der Waals surface area (Å²) in [5.41, 5.74) is -0.185. The monoisotopic (exact) mass is 396 g/mol. The molecule has 1 saturated heterocycles. The lowest BCUT2D eigenvalue weighted by molar-refractivity contribution is -0.886. The van der Waals surface area contributed by atoms with Crippen LogP contribution in [0.4, 0.5) is 0 Å². The van der Waals surface area contributed by atoms with Crippen LogP contribution in [0.2, 0.25) is 0 Å². The maximum absolute atomic E-state index is 12.0. The highest BCUT2D eigenvalue weighted by Gasteiger charge is 2.45. The number of hydrogen-bond donors (Lipinski definition) is 1. The summed E-state index contributed by atoms with van der Waals surface area (Å²) in [5.74, 6) is 0.396. The van der Waals surface area contributed by atoms with Crippen molar-refractivity contribution >= 4 is 37.8 Å². The van der Waals surface area contributed by atoms with Crippen LogP contribution in [0.1, 0.15) is 44.9 Å². The van der Waals surface area contributed by atoms with Gasteiger partial charge in [0, 0.05) is 18.8 Å². The minimum Gasteiger partial charge on any atom is -0.457 e. The summed E-state index contributed by atoms with van der Waals surface area (Å²) in [4.78, 5) is 13.6. The highest BCUT2D eigenvalue weighted by Crippen LogP contribution is 2.41. The molecule has 0 aromatic carbocycles. The normalized spacial score (nSPS) is 31.2. The van der Waals surface area contributed by atoms with E-state index in [2.05, 4.69) is 38.9 Å². The van der Waals surface area contributed by atoms with Gasteiger partial charge >= 0.3 is 5.97 Å². The molecule has 2 rings (SSSR count). The van der Waals surface area contributed by atoms with Gasteiger partial charge in [0.15, 0.2) is 3.74 Å². The number of nitrogens with one attached hydrogen (secondary N) is 1. The smallest absolute Gasteiger partial charge is 0.331 e. The Morgan fingerprint density at radius 1 is 1.21 bits per heavy atom. The van der Waals surface area contributed by atoms with Crippen molar-refractivity contribution in [1.82, 2.24) is 0 Å². The first-order valence-corrected chi connectivity index (χ1v) is 9.19. The highest BCUT2D eigenvalue weighted by molar-refractivity contribution is 9.25. The van der Waals surface area contributed by atoms with Crippen LogP contribution in [0, 0.1) is 5.92 Å². The third-order valence-electron chi connectivity index (χ3n) is 4.77. The van der Waals surface area contributed by atoms with E-state index in [0.29, 0.717) is 5.92 Å². The number of carbonyl (C=O) groups is 1. The van der Waals surface area contributed by atoms with E-state index in [1.165, 1.54) is 45.2 Å². The van der Waals surface area contributed by atoms with Gasteiger partial charge in [-0.15, -0.1) is 0 Å². The van der Waals surface area contributed by atoms with Crippen LogP contribution in [0.15, 0.2) is 0 Å². The molecular formula is C14H24Br2NO2+. The lowest BCUT2D eigenvalue weighted by Crippen LogP contribution is -3.10. The molecule has 1 saturated carbocycles. The fourth-order valence-corrected chi connectivity index (χ4v) is 3.81. The number of quaternary nitrogens is 1. The number of halogens is 2.